The zero-order chi connectivity index (χ0) is 14.7. The van der Waals surface area contributed by atoms with Crippen LogP contribution in [0.25, 0.3) is 0 Å². The van der Waals surface area contributed by atoms with Crippen molar-refractivity contribution in [2.24, 2.45) is 0 Å². The van der Waals surface area contributed by atoms with Crippen LogP contribution < -0.4 is 4.74 Å². The lowest BCUT2D eigenvalue weighted by Gasteiger charge is -2.08. The molecule has 0 aliphatic heterocycles. The summed E-state index contributed by atoms with van der Waals surface area (Å²) >= 11 is 23.3. The molecule has 0 amide bonds. The molecule has 6 heteroatoms. The summed E-state index contributed by atoms with van der Waals surface area (Å²) in [5.74, 6) is 0.204. The molecule has 20 heavy (non-hydrogen) atoms. The number of ether oxygens (including phenoxy) is 1. The number of hydrogen-bond donors (Lipinski definition) is 0. The monoisotopic (exact) mass is 348 g/mol. The van der Waals surface area contributed by atoms with Gasteiger partial charge in [0.2, 0.25) is 0 Å². The highest BCUT2D eigenvalue weighted by Gasteiger charge is 2.10. The zero-order valence-corrected chi connectivity index (χ0v) is 13.0. The van der Waals surface area contributed by atoms with Crippen LogP contribution in [0.15, 0.2) is 36.4 Å². The SMILES string of the molecule is O=C(COc1cc(Cl)c(Cl)c(Cl)c1)c1ccc(Cl)cc1. The van der Waals surface area contributed by atoms with Crippen LogP contribution in [0.5, 0.6) is 5.75 Å². The molecular formula is C14H8Cl4O2. The lowest BCUT2D eigenvalue weighted by Crippen LogP contribution is -2.11. The minimum Gasteiger partial charge on any atom is -0.485 e. The van der Waals surface area contributed by atoms with E-state index in [2.05, 4.69) is 0 Å². The second-order valence-electron chi connectivity index (χ2n) is 3.92. The summed E-state index contributed by atoms with van der Waals surface area (Å²) in [6, 6.07) is 9.57. The summed E-state index contributed by atoms with van der Waals surface area (Å²) in [6.45, 7) is -0.129. The van der Waals surface area contributed by atoms with Gasteiger partial charge >= 0.3 is 0 Å². The Labute approximate surface area is 136 Å². The van der Waals surface area contributed by atoms with Crippen LogP contribution in [0.3, 0.4) is 0 Å². The molecule has 0 unspecified atom stereocenters. The highest BCUT2D eigenvalue weighted by Crippen LogP contribution is 2.34. The summed E-state index contributed by atoms with van der Waals surface area (Å²) in [4.78, 5) is 11.9. The number of Topliss-reactive ketones (excluding diaryl/α,β-unsaturated/α-hetero) is 1. The van der Waals surface area contributed by atoms with Gasteiger partial charge in [0.15, 0.2) is 12.4 Å². The number of halogens is 4. The molecule has 2 nitrogen and oxygen atoms in total. The maximum Gasteiger partial charge on any atom is 0.200 e. The lowest BCUT2D eigenvalue weighted by atomic mass is 10.1. The van der Waals surface area contributed by atoms with Crippen molar-refractivity contribution in [2.75, 3.05) is 6.61 Å². The largest absolute Gasteiger partial charge is 0.485 e. The third-order valence-corrected chi connectivity index (χ3v) is 3.94. The van der Waals surface area contributed by atoms with Crippen LogP contribution in [0.1, 0.15) is 10.4 Å². The zero-order valence-electron chi connectivity index (χ0n) is 10.00. The van der Waals surface area contributed by atoms with Gasteiger partial charge in [-0.15, -0.1) is 0 Å². The Morgan fingerprint density at radius 2 is 1.50 bits per heavy atom. The summed E-state index contributed by atoms with van der Waals surface area (Å²) in [6.07, 6.45) is 0. The smallest absolute Gasteiger partial charge is 0.200 e. The van der Waals surface area contributed by atoms with Gasteiger partial charge in [-0.05, 0) is 24.3 Å². The normalized spacial score (nSPS) is 10.4. The Hall–Kier alpha value is -0.930. The first-order valence-corrected chi connectivity index (χ1v) is 7.04. The number of hydrogen-bond acceptors (Lipinski definition) is 2. The summed E-state index contributed by atoms with van der Waals surface area (Å²) in [5.41, 5.74) is 0.514. The molecule has 0 aromatic heterocycles. The van der Waals surface area contributed by atoms with E-state index in [1.165, 1.54) is 12.1 Å². The van der Waals surface area contributed by atoms with Crippen molar-refractivity contribution in [1.82, 2.24) is 0 Å². The van der Waals surface area contributed by atoms with E-state index in [0.717, 1.165) is 0 Å². The van der Waals surface area contributed by atoms with Crippen LogP contribution in [0.4, 0.5) is 0 Å². The summed E-state index contributed by atoms with van der Waals surface area (Å²) in [7, 11) is 0. The molecule has 0 bridgehead atoms. The molecule has 2 rings (SSSR count). The first kappa shape index (κ1) is 15.5. The molecule has 0 aliphatic rings. The average molecular weight is 350 g/mol. The van der Waals surface area contributed by atoms with Crippen molar-refractivity contribution in [3.05, 3.63) is 62.1 Å². The summed E-state index contributed by atoms with van der Waals surface area (Å²) < 4.78 is 5.36. The Morgan fingerprint density at radius 1 is 0.950 bits per heavy atom. The Bertz CT molecular complexity index is 615. The van der Waals surface area contributed by atoms with Gasteiger partial charge in [0.1, 0.15) is 5.75 Å². The Balaban J connectivity index is 2.05. The van der Waals surface area contributed by atoms with Crippen molar-refractivity contribution in [3.63, 3.8) is 0 Å². The van der Waals surface area contributed by atoms with Crippen LogP contribution >= 0.6 is 46.4 Å². The lowest BCUT2D eigenvalue weighted by molar-refractivity contribution is 0.0921. The van der Waals surface area contributed by atoms with Gasteiger partial charge in [-0.3, -0.25) is 4.79 Å². The van der Waals surface area contributed by atoms with E-state index in [1.807, 2.05) is 0 Å². The van der Waals surface area contributed by atoms with Crippen molar-refractivity contribution in [3.8, 4) is 5.75 Å². The fourth-order valence-corrected chi connectivity index (χ4v) is 2.19. The molecule has 2 aromatic rings. The quantitative estimate of drug-likeness (QED) is 0.533. The number of benzene rings is 2. The van der Waals surface area contributed by atoms with Gasteiger partial charge in [-0.2, -0.15) is 0 Å². The maximum atomic E-state index is 11.9. The first-order chi connectivity index (χ1) is 9.47. The molecule has 0 aliphatic carbocycles. The van der Waals surface area contributed by atoms with E-state index in [4.69, 9.17) is 51.1 Å². The molecular weight excluding hydrogens is 342 g/mol. The summed E-state index contributed by atoms with van der Waals surface area (Å²) in [5, 5.41) is 1.37. The Morgan fingerprint density at radius 3 is 2.05 bits per heavy atom. The molecule has 0 N–H and O–H groups in total. The van der Waals surface area contributed by atoms with E-state index in [1.54, 1.807) is 24.3 Å². The standard InChI is InChI=1S/C14H8Cl4O2/c15-9-3-1-8(2-4-9)13(19)7-20-10-5-11(16)14(18)12(17)6-10/h1-6H,7H2. The van der Waals surface area contributed by atoms with Gasteiger partial charge < -0.3 is 4.74 Å². The molecule has 0 saturated carbocycles. The molecule has 0 spiro atoms. The van der Waals surface area contributed by atoms with E-state index >= 15 is 0 Å². The average Bonchev–Trinajstić information content (AvgIpc) is 2.42. The molecule has 104 valence electrons. The van der Waals surface area contributed by atoms with Crippen molar-refractivity contribution >= 4 is 52.2 Å². The minimum absolute atomic E-state index is 0.129. The number of ketones is 1. The van der Waals surface area contributed by atoms with Crippen molar-refractivity contribution in [2.45, 2.75) is 0 Å². The van der Waals surface area contributed by atoms with Crippen LogP contribution in [-0.2, 0) is 0 Å². The highest BCUT2D eigenvalue weighted by atomic mass is 35.5. The van der Waals surface area contributed by atoms with Crippen molar-refractivity contribution in [1.29, 1.82) is 0 Å². The predicted octanol–water partition coefficient (Wildman–Crippen LogP) is 5.56. The van der Waals surface area contributed by atoms with Crippen molar-refractivity contribution < 1.29 is 9.53 Å². The first-order valence-electron chi connectivity index (χ1n) is 5.53. The van der Waals surface area contributed by atoms with Gasteiger partial charge in [0.05, 0.1) is 15.1 Å². The maximum absolute atomic E-state index is 11.9. The Kier molecular flexibility index (Phi) is 5.17. The molecule has 0 saturated heterocycles. The topological polar surface area (TPSA) is 26.3 Å². The molecule has 0 radical (unpaired) electrons. The van der Waals surface area contributed by atoms with E-state index in [-0.39, 0.29) is 27.5 Å². The van der Waals surface area contributed by atoms with Gasteiger partial charge in [-0.1, -0.05) is 46.4 Å². The molecule has 0 heterocycles. The van der Waals surface area contributed by atoms with Gasteiger partial charge in [-0.25, -0.2) is 0 Å². The minimum atomic E-state index is -0.177. The second kappa shape index (κ2) is 6.68. The second-order valence-corrected chi connectivity index (χ2v) is 5.55. The van der Waals surface area contributed by atoms with Crippen LogP contribution in [0, 0.1) is 0 Å². The third-order valence-electron chi connectivity index (χ3n) is 2.49. The fourth-order valence-electron chi connectivity index (χ4n) is 1.48. The molecule has 0 atom stereocenters. The van der Waals surface area contributed by atoms with Crippen LogP contribution in [0.2, 0.25) is 20.1 Å². The van der Waals surface area contributed by atoms with E-state index in [0.29, 0.717) is 16.3 Å². The van der Waals surface area contributed by atoms with Gasteiger partial charge in [0.25, 0.3) is 0 Å². The number of rotatable bonds is 4. The third kappa shape index (κ3) is 3.80. The highest BCUT2D eigenvalue weighted by molar-refractivity contribution is 6.48. The molecule has 2 aromatic carbocycles. The van der Waals surface area contributed by atoms with Crippen LogP contribution in [-0.4, -0.2) is 12.4 Å². The number of carbonyl (C=O) groups excluding carboxylic acids is 1. The van der Waals surface area contributed by atoms with Gasteiger partial charge in [0, 0.05) is 22.7 Å². The van der Waals surface area contributed by atoms with E-state index < -0.39 is 0 Å². The van der Waals surface area contributed by atoms with E-state index in [9.17, 15) is 4.79 Å². The number of carbonyl (C=O) groups is 1. The molecule has 0 fully saturated rings. The predicted molar refractivity (Wildman–Crippen MR) is 82.7 cm³/mol. The fraction of sp³-hybridized carbons (Fsp3) is 0.0714.